The summed E-state index contributed by atoms with van der Waals surface area (Å²) in [5.74, 6) is -0.911. The second-order valence-corrected chi connectivity index (χ2v) is 6.14. The van der Waals surface area contributed by atoms with Gasteiger partial charge in [-0.3, -0.25) is 9.59 Å². The van der Waals surface area contributed by atoms with Crippen molar-refractivity contribution in [3.8, 4) is 0 Å². The highest BCUT2D eigenvalue weighted by atomic mass is 16.5. The first-order valence-electron chi connectivity index (χ1n) is 8.58. The van der Waals surface area contributed by atoms with Gasteiger partial charge in [-0.15, -0.1) is 0 Å². The molecule has 0 aliphatic carbocycles. The number of carbonyl (C=O) groups is 3. The van der Waals surface area contributed by atoms with Gasteiger partial charge in [-0.1, -0.05) is 0 Å². The molecule has 2 aliphatic rings. The van der Waals surface area contributed by atoms with Gasteiger partial charge in [0.15, 0.2) is 0 Å². The minimum absolute atomic E-state index is 0.149. The van der Waals surface area contributed by atoms with Crippen molar-refractivity contribution < 1.29 is 23.9 Å². The van der Waals surface area contributed by atoms with E-state index in [0.717, 1.165) is 12.8 Å². The Morgan fingerprint density at radius 1 is 1.24 bits per heavy atom. The van der Waals surface area contributed by atoms with Crippen LogP contribution >= 0.6 is 0 Å². The maximum absolute atomic E-state index is 12.6. The third kappa shape index (κ3) is 3.88. The van der Waals surface area contributed by atoms with Crippen LogP contribution in [0.15, 0.2) is 24.3 Å². The lowest BCUT2D eigenvalue weighted by Gasteiger charge is -2.25. The molecule has 1 atom stereocenters. The number of esters is 1. The minimum atomic E-state index is -0.500. The fourth-order valence-electron chi connectivity index (χ4n) is 3.14. The van der Waals surface area contributed by atoms with E-state index < -0.39 is 12.0 Å². The first kappa shape index (κ1) is 17.6. The molecule has 1 N–H and O–H groups in total. The summed E-state index contributed by atoms with van der Waals surface area (Å²) in [5, 5.41) is 3.28. The van der Waals surface area contributed by atoms with E-state index in [2.05, 4.69) is 5.32 Å². The van der Waals surface area contributed by atoms with Gasteiger partial charge in [0.05, 0.1) is 30.3 Å². The van der Waals surface area contributed by atoms with Crippen LogP contribution < -0.4 is 10.2 Å². The Balaban J connectivity index is 1.68. The average molecular weight is 346 g/mol. The standard InChI is InChI=1S/C18H22N2O5/c1-2-25-18(23)12-3-5-14(6-4-12)20-16(21)11-15(17(20)22)19-13-7-9-24-10-8-13/h3-6,13,15,19H,2,7-11H2,1H3. The zero-order chi connectivity index (χ0) is 17.8. The first-order chi connectivity index (χ1) is 12.1. The quantitative estimate of drug-likeness (QED) is 0.638. The Hall–Kier alpha value is -2.25. The molecule has 2 fully saturated rings. The summed E-state index contributed by atoms with van der Waals surface area (Å²) in [7, 11) is 0. The summed E-state index contributed by atoms with van der Waals surface area (Å²) >= 11 is 0. The van der Waals surface area contributed by atoms with E-state index in [-0.39, 0.29) is 24.3 Å². The number of hydrogen-bond donors (Lipinski definition) is 1. The van der Waals surface area contributed by atoms with Crippen molar-refractivity contribution in [1.29, 1.82) is 0 Å². The predicted octanol–water partition coefficient (Wildman–Crippen LogP) is 1.26. The van der Waals surface area contributed by atoms with Crippen molar-refractivity contribution in [2.45, 2.75) is 38.3 Å². The summed E-state index contributed by atoms with van der Waals surface area (Å²) in [6, 6.07) is 6.01. The van der Waals surface area contributed by atoms with Crippen LogP contribution in [0.2, 0.25) is 0 Å². The number of hydrogen-bond acceptors (Lipinski definition) is 6. The van der Waals surface area contributed by atoms with Crippen LogP contribution in [0.25, 0.3) is 0 Å². The number of nitrogens with one attached hydrogen (secondary N) is 1. The summed E-state index contributed by atoms with van der Waals surface area (Å²) < 4.78 is 10.2. The second kappa shape index (κ2) is 7.76. The number of imide groups is 1. The van der Waals surface area contributed by atoms with Crippen molar-refractivity contribution in [3.63, 3.8) is 0 Å². The number of ether oxygens (including phenoxy) is 2. The van der Waals surface area contributed by atoms with Gasteiger partial charge >= 0.3 is 5.97 Å². The van der Waals surface area contributed by atoms with Gasteiger partial charge in [-0.25, -0.2) is 9.69 Å². The zero-order valence-electron chi connectivity index (χ0n) is 14.2. The fourth-order valence-corrected chi connectivity index (χ4v) is 3.14. The van der Waals surface area contributed by atoms with Crippen molar-refractivity contribution in [1.82, 2.24) is 5.32 Å². The molecule has 1 aromatic rings. The van der Waals surface area contributed by atoms with Gasteiger partial charge < -0.3 is 14.8 Å². The Morgan fingerprint density at radius 2 is 1.92 bits per heavy atom. The topological polar surface area (TPSA) is 84.9 Å². The van der Waals surface area contributed by atoms with E-state index in [1.165, 1.54) is 4.90 Å². The van der Waals surface area contributed by atoms with Crippen molar-refractivity contribution in [2.75, 3.05) is 24.7 Å². The molecule has 0 spiro atoms. The minimum Gasteiger partial charge on any atom is -0.462 e. The van der Waals surface area contributed by atoms with E-state index in [9.17, 15) is 14.4 Å². The summed E-state index contributed by atoms with van der Waals surface area (Å²) in [4.78, 5) is 37.8. The number of carbonyl (C=O) groups excluding carboxylic acids is 3. The highest BCUT2D eigenvalue weighted by Gasteiger charge is 2.40. The van der Waals surface area contributed by atoms with Gasteiger partial charge in [0.25, 0.3) is 5.91 Å². The van der Waals surface area contributed by atoms with Crippen molar-refractivity contribution in [3.05, 3.63) is 29.8 Å². The Kier molecular flexibility index (Phi) is 5.45. The molecule has 25 heavy (non-hydrogen) atoms. The van der Waals surface area contributed by atoms with Crippen LogP contribution in [0.1, 0.15) is 36.5 Å². The number of anilines is 1. The number of nitrogens with zero attached hydrogens (tertiary/aromatic N) is 1. The van der Waals surface area contributed by atoms with Crippen LogP contribution in [0.5, 0.6) is 0 Å². The van der Waals surface area contributed by atoms with Gasteiger partial charge in [0, 0.05) is 19.3 Å². The molecule has 0 bridgehead atoms. The average Bonchev–Trinajstić information content (AvgIpc) is 2.90. The maximum Gasteiger partial charge on any atom is 0.338 e. The SMILES string of the molecule is CCOC(=O)c1ccc(N2C(=O)CC(NC3CCOCC3)C2=O)cc1. The first-order valence-corrected chi connectivity index (χ1v) is 8.58. The Morgan fingerprint density at radius 3 is 2.56 bits per heavy atom. The fraction of sp³-hybridized carbons (Fsp3) is 0.500. The van der Waals surface area contributed by atoms with Gasteiger partial charge in [0.2, 0.25) is 5.91 Å². The van der Waals surface area contributed by atoms with Crippen molar-refractivity contribution >= 4 is 23.5 Å². The molecule has 134 valence electrons. The second-order valence-electron chi connectivity index (χ2n) is 6.14. The lowest BCUT2D eigenvalue weighted by molar-refractivity contribution is -0.121. The molecule has 1 unspecified atom stereocenters. The summed E-state index contributed by atoms with van der Waals surface area (Å²) in [6.07, 6.45) is 1.83. The van der Waals surface area contributed by atoms with Gasteiger partial charge in [0.1, 0.15) is 0 Å². The molecular weight excluding hydrogens is 324 g/mol. The zero-order valence-corrected chi connectivity index (χ0v) is 14.2. The molecule has 2 heterocycles. The van der Waals surface area contributed by atoms with Crippen LogP contribution in [0.4, 0.5) is 5.69 Å². The Bertz CT molecular complexity index is 652. The normalized spacial score (nSPS) is 21.6. The molecule has 3 rings (SSSR count). The van der Waals surface area contributed by atoms with E-state index in [1.807, 2.05) is 0 Å². The lowest BCUT2D eigenvalue weighted by Crippen LogP contribution is -2.45. The van der Waals surface area contributed by atoms with E-state index >= 15 is 0 Å². The van der Waals surface area contributed by atoms with Gasteiger partial charge in [-0.2, -0.15) is 0 Å². The molecule has 0 aromatic heterocycles. The van der Waals surface area contributed by atoms with Crippen LogP contribution in [0.3, 0.4) is 0 Å². The van der Waals surface area contributed by atoms with Crippen LogP contribution in [-0.4, -0.2) is 49.7 Å². The Labute approximate surface area is 146 Å². The van der Waals surface area contributed by atoms with E-state index in [4.69, 9.17) is 9.47 Å². The molecule has 7 heteroatoms. The third-order valence-corrected chi connectivity index (χ3v) is 4.44. The molecular formula is C18H22N2O5. The lowest BCUT2D eigenvalue weighted by atomic mass is 10.1. The predicted molar refractivity (Wildman–Crippen MR) is 90.3 cm³/mol. The molecule has 1 aromatic carbocycles. The highest BCUT2D eigenvalue weighted by Crippen LogP contribution is 2.24. The number of amides is 2. The monoisotopic (exact) mass is 346 g/mol. The number of rotatable bonds is 5. The summed E-state index contributed by atoms with van der Waals surface area (Å²) in [6.45, 7) is 3.37. The largest absolute Gasteiger partial charge is 0.462 e. The van der Waals surface area contributed by atoms with Gasteiger partial charge in [-0.05, 0) is 44.0 Å². The van der Waals surface area contributed by atoms with Crippen molar-refractivity contribution in [2.24, 2.45) is 0 Å². The molecule has 2 saturated heterocycles. The molecule has 0 saturated carbocycles. The highest BCUT2D eigenvalue weighted by molar-refractivity contribution is 6.22. The third-order valence-electron chi connectivity index (χ3n) is 4.44. The molecule has 0 radical (unpaired) electrons. The van der Waals surface area contributed by atoms with Crippen LogP contribution in [0, 0.1) is 0 Å². The number of benzene rings is 1. The molecule has 2 aliphatic heterocycles. The maximum atomic E-state index is 12.6. The summed E-state index contributed by atoms with van der Waals surface area (Å²) in [5.41, 5.74) is 0.862. The van der Waals surface area contributed by atoms with E-state index in [0.29, 0.717) is 31.1 Å². The smallest absolute Gasteiger partial charge is 0.338 e. The molecule has 7 nitrogen and oxygen atoms in total. The van der Waals surface area contributed by atoms with Crippen LogP contribution in [-0.2, 0) is 19.1 Å². The van der Waals surface area contributed by atoms with E-state index in [1.54, 1.807) is 31.2 Å². The molecule has 2 amide bonds.